The van der Waals surface area contributed by atoms with E-state index in [1.807, 2.05) is 4.72 Å². The summed E-state index contributed by atoms with van der Waals surface area (Å²) in [7, 11) is -4.56. The van der Waals surface area contributed by atoms with E-state index in [1.54, 1.807) is 0 Å². The predicted molar refractivity (Wildman–Crippen MR) is 79.8 cm³/mol. The second-order valence-electron chi connectivity index (χ2n) is 4.57. The molecule has 130 valence electrons. The minimum Gasteiger partial charge on any atom is -0.299 e. The molecule has 1 aromatic heterocycles. The zero-order valence-electron chi connectivity index (χ0n) is 12.0. The monoisotopic (exact) mass is 380 g/mol. The molecular formula is C12H11F3N4O3S2. The lowest BCUT2D eigenvalue weighted by Crippen LogP contribution is -2.42. The Morgan fingerprint density at radius 2 is 1.96 bits per heavy atom. The third kappa shape index (κ3) is 4.27. The van der Waals surface area contributed by atoms with Crippen LogP contribution in [0.25, 0.3) is 0 Å². The molecule has 0 bridgehead atoms. The SMILES string of the molecule is C[C@H](NS(=O)(=O)c1ccccc1C(F)(F)F)C(=O)Nc1nncs1. The smallest absolute Gasteiger partial charge is 0.299 e. The lowest BCUT2D eigenvalue weighted by molar-refractivity contribution is -0.139. The number of anilines is 1. The van der Waals surface area contributed by atoms with Crippen LogP contribution in [0.5, 0.6) is 0 Å². The van der Waals surface area contributed by atoms with Crippen LogP contribution in [0.4, 0.5) is 18.3 Å². The first-order chi connectivity index (χ1) is 11.1. The number of aromatic nitrogens is 2. The van der Waals surface area contributed by atoms with Gasteiger partial charge >= 0.3 is 6.18 Å². The Hall–Kier alpha value is -2.05. The summed E-state index contributed by atoms with van der Waals surface area (Å²) in [6, 6.07) is 2.39. The van der Waals surface area contributed by atoms with E-state index >= 15 is 0 Å². The van der Waals surface area contributed by atoms with E-state index in [4.69, 9.17) is 0 Å². The standard InChI is InChI=1S/C12H11F3N4O3S2/c1-7(10(20)17-11-18-16-6-23-11)19-24(21,22)9-5-3-2-4-8(9)12(13,14)15/h2-7,19H,1H3,(H,17,18,20)/t7-/m0/s1. The van der Waals surface area contributed by atoms with Gasteiger partial charge in [-0.05, 0) is 19.1 Å². The van der Waals surface area contributed by atoms with Crippen LogP contribution in [-0.2, 0) is 21.0 Å². The first kappa shape index (κ1) is 18.3. The molecule has 0 aliphatic rings. The van der Waals surface area contributed by atoms with E-state index in [2.05, 4.69) is 15.5 Å². The number of carbonyl (C=O) groups excluding carboxylic acids is 1. The number of amides is 1. The van der Waals surface area contributed by atoms with E-state index in [-0.39, 0.29) is 5.13 Å². The van der Waals surface area contributed by atoms with E-state index in [0.29, 0.717) is 6.07 Å². The normalized spacial score (nSPS) is 13.5. The molecular weight excluding hydrogens is 369 g/mol. The van der Waals surface area contributed by atoms with Crippen molar-refractivity contribution >= 4 is 32.4 Å². The third-order valence-corrected chi connectivity index (χ3v) is 5.00. The van der Waals surface area contributed by atoms with Crippen molar-refractivity contribution in [1.29, 1.82) is 0 Å². The summed E-state index contributed by atoms with van der Waals surface area (Å²) in [4.78, 5) is 10.9. The van der Waals surface area contributed by atoms with Crippen molar-refractivity contribution in [2.75, 3.05) is 5.32 Å². The Kier molecular flexibility index (Phi) is 5.20. The Bertz CT molecular complexity index is 822. The van der Waals surface area contributed by atoms with Crippen LogP contribution in [0.15, 0.2) is 34.7 Å². The van der Waals surface area contributed by atoms with Gasteiger partial charge in [0, 0.05) is 0 Å². The van der Waals surface area contributed by atoms with Crippen LogP contribution in [-0.4, -0.2) is 30.6 Å². The van der Waals surface area contributed by atoms with Crippen molar-refractivity contribution in [3.63, 3.8) is 0 Å². The van der Waals surface area contributed by atoms with Crippen LogP contribution < -0.4 is 10.0 Å². The number of nitrogens with one attached hydrogen (secondary N) is 2. The number of sulfonamides is 1. The number of carbonyl (C=O) groups is 1. The summed E-state index contributed by atoms with van der Waals surface area (Å²) in [5.41, 5.74) is 0.0403. The predicted octanol–water partition coefficient (Wildman–Crippen LogP) is 1.86. The van der Waals surface area contributed by atoms with Crippen LogP contribution in [0.3, 0.4) is 0 Å². The molecule has 0 saturated heterocycles. The van der Waals surface area contributed by atoms with Crippen molar-refractivity contribution in [3.05, 3.63) is 35.3 Å². The maximum Gasteiger partial charge on any atom is 0.417 e. The molecule has 0 radical (unpaired) electrons. The number of rotatable bonds is 5. The van der Waals surface area contributed by atoms with Crippen LogP contribution >= 0.6 is 11.3 Å². The summed E-state index contributed by atoms with van der Waals surface area (Å²) in [6.07, 6.45) is -4.84. The molecule has 0 spiro atoms. The fourth-order valence-electron chi connectivity index (χ4n) is 1.73. The average molecular weight is 380 g/mol. The van der Waals surface area contributed by atoms with Gasteiger partial charge in [-0.1, -0.05) is 23.5 Å². The lowest BCUT2D eigenvalue weighted by atomic mass is 10.2. The van der Waals surface area contributed by atoms with Gasteiger partial charge in [-0.3, -0.25) is 10.1 Å². The van der Waals surface area contributed by atoms with E-state index < -0.39 is 38.6 Å². The summed E-state index contributed by atoms with van der Waals surface area (Å²) in [6.45, 7) is 1.20. The van der Waals surface area contributed by atoms with Crippen LogP contribution in [0.1, 0.15) is 12.5 Å². The summed E-state index contributed by atoms with van der Waals surface area (Å²) in [5, 5.41) is 9.47. The molecule has 1 amide bonds. The van der Waals surface area contributed by atoms with Crippen molar-refractivity contribution < 1.29 is 26.4 Å². The molecule has 0 unspecified atom stereocenters. The Labute approximate surface area is 139 Å². The minimum absolute atomic E-state index is 0.140. The average Bonchev–Trinajstić information content (AvgIpc) is 2.99. The van der Waals surface area contributed by atoms with E-state index in [1.165, 1.54) is 12.4 Å². The second kappa shape index (κ2) is 6.83. The maximum absolute atomic E-state index is 12.9. The van der Waals surface area contributed by atoms with Crippen molar-refractivity contribution in [3.8, 4) is 0 Å². The van der Waals surface area contributed by atoms with Gasteiger partial charge in [0.1, 0.15) is 5.51 Å². The molecule has 1 heterocycles. The highest BCUT2D eigenvalue weighted by atomic mass is 32.2. The minimum atomic E-state index is -4.84. The molecule has 12 heteroatoms. The molecule has 2 rings (SSSR count). The molecule has 1 aromatic carbocycles. The molecule has 0 aliphatic carbocycles. The highest BCUT2D eigenvalue weighted by Crippen LogP contribution is 2.33. The molecule has 1 atom stereocenters. The molecule has 7 nitrogen and oxygen atoms in total. The fourth-order valence-corrected chi connectivity index (χ4v) is 3.60. The van der Waals surface area contributed by atoms with Crippen LogP contribution in [0, 0.1) is 0 Å². The number of benzene rings is 1. The molecule has 0 aliphatic heterocycles. The Morgan fingerprint density at radius 1 is 1.29 bits per heavy atom. The van der Waals surface area contributed by atoms with E-state index in [9.17, 15) is 26.4 Å². The molecule has 2 aromatic rings. The summed E-state index contributed by atoms with van der Waals surface area (Å²) >= 11 is 1.01. The Morgan fingerprint density at radius 3 is 2.54 bits per heavy atom. The van der Waals surface area contributed by atoms with Crippen molar-refractivity contribution in [1.82, 2.24) is 14.9 Å². The van der Waals surface area contributed by atoms with Crippen LogP contribution in [0.2, 0.25) is 0 Å². The maximum atomic E-state index is 12.9. The number of halogens is 3. The van der Waals surface area contributed by atoms with Gasteiger partial charge in [-0.15, -0.1) is 10.2 Å². The molecule has 2 N–H and O–H groups in total. The van der Waals surface area contributed by atoms with Gasteiger partial charge in [0.25, 0.3) is 0 Å². The zero-order chi connectivity index (χ0) is 18.0. The largest absolute Gasteiger partial charge is 0.417 e. The quantitative estimate of drug-likeness (QED) is 0.825. The number of hydrogen-bond donors (Lipinski definition) is 2. The third-order valence-electron chi connectivity index (χ3n) is 2.80. The highest BCUT2D eigenvalue weighted by Gasteiger charge is 2.37. The zero-order valence-corrected chi connectivity index (χ0v) is 13.7. The van der Waals surface area contributed by atoms with Crippen molar-refractivity contribution in [2.24, 2.45) is 0 Å². The van der Waals surface area contributed by atoms with Gasteiger partial charge in [-0.25, -0.2) is 8.42 Å². The van der Waals surface area contributed by atoms with Gasteiger partial charge in [0.05, 0.1) is 16.5 Å². The molecule has 0 fully saturated rings. The van der Waals surface area contributed by atoms with Gasteiger partial charge in [0.2, 0.25) is 21.1 Å². The fraction of sp³-hybridized carbons (Fsp3) is 0.250. The second-order valence-corrected chi connectivity index (χ2v) is 7.09. The number of nitrogens with zero attached hydrogens (tertiary/aromatic N) is 2. The number of alkyl halides is 3. The number of hydrogen-bond acceptors (Lipinski definition) is 6. The van der Waals surface area contributed by atoms with Gasteiger partial charge in [0.15, 0.2) is 0 Å². The molecule has 0 saturated carbocycles. The first-order valence-electron chi connectivity index (χ1n) is 6.37. The highest BCUT2D eigenvalue weighted by molar-refractivity contribution is 7.89. The first-order valence-corrected chi connectivity index (χ1v) is 8.73. The summed E-state index contributed by atoms with van der Waals surface area (Å²) in [5.74, 6) is -0.778. The lowest BCUT2D eigenvalue weighted by Gasteiger charge is -2.16. The van der Waals surface area contributed by atoms with Gasteiger partial charge < -0.3 is 0 Å². The van der Waals surface area contributed by atoms with E-state index in [0.717, 1.165) is 29.5 Å². The Balaban J connectivity index is 2.21. The van der Waals surface area contributed by atoms with Crippen molar-refractivity contribution in [2.45, 2.75) is 24.0 Å². The summed E-state index contributed by atoms with van der Waals surface area (Å²) < 4.78 is 65.1. The topological polar surface area (TPSA) is 101 Å². The molecule has 24 heavy (non-hydrogen) atoms. The van der Waals surface area contributed by atoms with Gasteiger partial charge in [-0.2, -0.15) is 17.9 Å².